The second-order valence-electron chi connectivity index (χ2n) is 6.31. The lowest BCUT2D eigenvalue weighted by Gasteiger charge is -2.28. The van der Waals surface area contributed by atoms with Crippen LogP contribution >= 0.6 is 0 Å². The summed E-state index contributed by atoms with van der Waals surface area (Å²) in [6.07, 6.45) is 2.38. The number of rotatable bonds is 6. The molecule has 0 bridgehead atoms. The standard InChI is InChI=1S/C14H28N2O/c1-6-16(12-7-8-12)13(17)10-15-9-11(2)14(3,4)5/h11-12,15H,6-10H2,1-5H3. The molecule has 1 fully saturated rings. The van der Waals surface area contributed by atoms with Crippen molar-refractivity contribution in [2.45, 2.75) is 53.5 Å². The normalized spacial score (nSPS) is 17.9. The fourth-order valence-corrected chi connectivity index (χ4v) is 1.83. The molecule has 0 aromatic rings. The first-order valence-electron chi connectivity index (χ1n) is 6.86. The van der Waals surface area contributed by atoms with Gasteiger partial charge in [0.15, 0.2) is 0 Å². The van der Waals surface area contributed by atoms with Crippen molar-refractivity contribution < 1.29 is 4.79 Å². The van der Waals surface area contributed by atoms with Gasteiger partial charge in [0.1, 0.15) is 0 Å². The molecule has 100 valence electrons. The Kier molecular flexibility index (Phi) is 4.99. The van der Waals surface area contributed by atoms with Gasteiger partial charge in [-0.2, -0.15) is 0 Å². The highest BCUT2D eigenvalue weighted by molar-refractivity contribution is 5.78. The number of hydrogen-bond acceptors (Lipinski definition) is 2. The zero-order chi connectivity index (χ0) is 13.1. The van der Waals surface area contributed by atoms with Gasteiger partial charge in [-0.25, -0.2) is 0 Å². The molecule has 0 radical (unpaired) electrons. The second-order valence-corrected chi connectivity index (χ2v) is 6.31. The Bertz CT molecular complexity index is 253. The number of nitrogens with one attached hydrogen (secondary N) is 1. The summed E-state index contributed by atoms with van der Waals surface area (Å²) >= 11 is 0. The molecule has 17 heavy (non-hydrogen) atoms. The molecule has 1 amide bonds. The Morgan fingerprint density at radius 1 is 1.41 bits per heavy atom. The van der Waals surface area contributed by atoms with Gasteiger partial charge in [0.25, 0.3) is 0 Å². The van der Waals surface area contributed by atoms with E-state index in [1.807, 2.05) is 4.90 Å². The molecule has 3 heteroatoms. The molecular weight excluding hydrogens is 212 g/mol. The molecule has 1 aliphatic rings. The zero-order valence-electron chi connectivity index (χ0n) is 12.0. The van der Waals surface area contributed by atoms with Crippen LogP contribution in [-0.4, -0.2) is 36.5 Å². The predicted molar refractivity (Wildman–Crippen MR) is 71.9 cm³/mol. The average Bonchev–Trinajstić information content (AvgIpc) is 3.01. The van der Waals surface area contributed by atoms with Crippen LogP contribution in [0.2, 0.25) is 0 Å². The van der Waals surface area contributed by atoms with E-state index < -0.39 is 0 Å². The van der Waals surface area contributed by atoms with Crippen molar-refractivity contribution in [1.82, 2.24) is 10.2 Å². The van der Waals surface area contributed by atoms with Gasteiger partial charge in [-0.1, -0.05) is 27.7 Å². The van der Waals surface area contributed by atoms with E-state index in [4.69, 9.17) is 0 Å². The maximum Gasteiger partial charge on any atom is 0.236 e. The summed E-state index contributed by atoms with van der Waals surface area (Å²) in [6, 6.07) is 0.536. The molecule has 0 saturated heterocycles. The van der Waals surface area contributed by atoms with E-state index in [1.54, 1.807) is 0 Å². The summed E-state index contributed by atoms with van der Waals surface area (Å²) in [7, 11) is 0. The molecule has 0 heterocycles. The first kappa shape index (κ1) is 14.5. The average molecular weight is 240 g/mol. The number of amides is 1. The second kappa shape index (κ2) is 5.85. The van der Waals surface area contributed by atoms with E-state index in [9.17, 15) is 4.79 Å². The van der Waals surface area contributed by atoms with Crippen LogP contribution in [0.1, 0.15) is 47.5 Å². The van der Waals surface area contributed by atoms with Crippen LogP contribution in [-0.2, 0) is 4.79 Å². The van der Waals surface area contributed by atoms with Crippen LogP contribution in [0.15, 0.2) is 0 Å². The minimum atomic E-state index is 0.260. The molecule has 1 atom stereocenters. The Balaban J connectivity index is 2.23. The van der Waals surface area contributed by atoms with E-state index >= 15 is 0 Å². The molecule has 0 aromatic carbocycles. The van der Waals surface area contributed by atoms with E-state index in [0.717, 1.165) is 13.1 Å². The lowest BCUT2D eigenvalue weighted by molar-refractivity contribution is -0.130. The van der Waals surface area contributed by atoms with E-state index in [1.165, 1.54) is 12.8 Å². The topological polar surface area (TPSA) is 32.3 Å². The highest BCUT2D eigenvalue weighted by Gasteiger charge is 2.31. The third kappa shape index (κ3) is 4.66. The first-order chi connectivity index (χ1) is 7.86. The number of carbonyl (C=O) groups excluding carboxylic acids is 1. The molecule has 1 rings (SSSR count). The number of nitrogens with zero attached hydrogens (tertiary/aromatic N) is 1. The van der Waals surface area contributed by atoms with Crippen molar-refractivity contribution in [3.63, 3.8) is 0 Å². The van der Waals surface area contributed by atoms with Gasteiger partial charge >= 0.3 is 0 Å². The molecule has 3 nitrogen and oxygen atoms in total. The van der Waals surface area contributed by atoms with Gasteiger partial charge in [-0.3, -0.25) is 4.79 Å². The molecular formula is C14H28N2O. The largest absolute Gasteiger partial charge is 0.339 e. The Morgan fingerprint density at radius 2 is 2.00 bits per heavy atom. The minimum Gasteiger partial charge on any atom is -0.339 e. The molecule has 1 unspecified atom stereocenters. The van der Waals surface area contributed by atoms with Crippen molar-refractivity contribution in [2.24, 2.45) is 11.3 Å². The van der Waals surface area contributed by atoms with Gasteiger partial charge in [0.2, 0.25) is 5.91 Å². The van der Waals surface area contributed by atoms with Gasteiger partial charge in [0, 0.05) is 12.6 Å². The lowest BCUT2D eigenvalue weighted by Crippen LogP contribution is -2.41. The van der Waals surface area contributed by atoms with Crippen LogP contribution in [0.25, 0.3) is 0 Å². The van der Waals surface area contributed by atoms with Gasteiger partial charge in [-0.05, 0) is 37.6 Å². The maximum absolute atomic E-state index is 12.0. The maximum atomic E-state index is 12.0. The fraction of sp³-hybridized carbons (Fsp3) is 0.929. The van der Waals surface area contributed by atoms with Crippen molar-refractivity contribution in [2.75, 3.05) is 19.6 Å². The third-order valence-corrected chi connectivity index (χ3v) is 3.85. The highest BCUT2D eigenvalue weighted by Crippen LogP contribution is 2.26. The molecule has 1 aliphatic carbocycles. The lowest BCUT2D eigenvalue weighted by atomic mass is 9.82. The van der Waals surface area contributed by atoms with Crippen LogP contribution in [0, 0.1) is 11.3 Å². The van der Waals surface area contributed by atoms with Crippen molar-refractivity contribution >= 4 is 5.91 Å². The Labute approximate surface area is 106 Å². The van der Waals surface area contributed by atoms with Crippen molar-refractivity contribution in [1.29, 1.82) is 0 Å². The summed E-state index contributed by atoms with van der Waals surface area (Å²) in [5.41, 5.74) is 0.303. The van der Waals surface area contributed by atoms with Crippen molar-refractivity contribution in [3.8, 4) is 0 Å². The van der Waals surface area contributed by atoms with E-state index in [2.05, 4.69) is 39.9 Å². The van der Waals surface area contributed by atoms with E-state index in [-0.39, 0.29) is 5.91 Å². The quantitative estimate of drug-likeness (QED) is 0.772. The monoisotopic (exact) mass is 240 g/mol. The third-order valence-electron chi connectivity index (χ3n) is 3.85. The van der Waals surface area contributed by atoms with Gasteiger partial charge < -0.3 is 10.2 Å². The first-order valence-corrected chi connectivity index (χ1v) is 6.86. The number of carbonyl (C=O) groups is 1. The molecule has 0 spiro atoms. The SMILES string of the molecule is CCN(C(=O)CNCC(C)C(C)(C)C)C1CC1. The smallest absolute Gasteiger partial charge is 0.236 e. The highest BCUT2D eigenvalue weighted by atomic mass is 16.2. The molecule has 0 aliphatic heterocycles. The zero-order valence-corrected chi connectivity index (χ0v) is 12.0. The Hall–Kier alpha value is -0.570. The van der Waals surface area contributed by atoms with Crippen molar-refractivity contribution in [3.05, 3.63) is 0 Å². The fourth-order valence-electron chi connectivity index (χ4n) is 1.83. The summed E-state index contributed by atoms with van der Waals surface area (Å²) in [6.45, 7) is 13.3. The number of likely N-dealkylation sites (N-methyl/N-ethyl adjacent to an activating group) is 1. The summed E-state index contributed by atoms with van der Waals surface area (Å²) in [5, 5.41) is 3.30. The van der Waals surface area contributed by atoms with Crippen LogP contribution < -0.4 is 5.32 Å². The van der Waals surface area contributed by atoms with Gasteiger partial charge in [-0.15, -0.1) is 0 Å². The van der Waals surface area contributed by atoms with Gasteiger partial charge in [0.05, 0.1) is 6.54 Å². The Morgan fingerprint density at radius 3 is 2.41 bits per heavy atom. The number of hydrogen-bond donors (Lipinski definition) is 1. The summed E-state index contributed by atoms with van der Waals surface area (Å²) in [5.74, 6) is 0.836. The summed E-state index contributed by atoms with van der Waals surface area (Å²) < 4.78 is 0. The van der Waals surface area contributed by atoms with Crippen LogP contribution in [0.3, 0.4) is 0 Å². The van der Waals surface area contributed by atoms with Crippen LogP contribution in [0.5, 0.6) is 0 Å². The predicted octanol–water partition coefficient (Wildman–Crippen LogP) is 2.27. The minimum absolute atomic E-state index is 0.260. The molecule has 0 aromatic heterocycles. The van der Waals surface area contributed by atoms with Crippen LogP contribution in [0.4, 0.5) is 0 Å². The molecule has 1 N–H and O–H groups in total. The molecule has 1 saturated carbocycles. The summed E-state index contributed by atoms with van der Waals surface area (Å²) in [4.78, 5) is 14.0. The van der Waals surface area contributed by atoms with E-state index in [0.29, 0.717) is 23.9 Å².